The number of amides is 1. The third-order valence-corrected chi connectivity index (χ3v) is 3.49. The number of carbonyl (C=O) groups excluding carboxylic acids is 1. The first-order valence-corrected chi connectivity index (χ1v) is 6.92. The van der Waals surface area contributed by atoms with Crippen LogP contribution in [0.3, 0.4) is 0 Å². The minimum atomic E-state index is -0.187. The van der Waals surface area contributed by atoms with Gasteiger partial charge in [0, 0.05) is 28.8 Å². The van der Waals surface area contributed by atoms with Gasteiger partial charge in [-0.25, -0.2) is 4.98 Å². The number of anilines is 1. The SMILES string of the molecule is C#Cc1ccc(NC(=O)c2ccn3c(C)cc(C)nc23)cc1. The van der Waals surface area contributed by atoms with Gasteiger partial charge in [0.25, 0.3) is 5.91 Å². The third kappa shape index (κ3) is 2.45. The molecule has 3 rings (SSSR count). The summed E-state index contributed by atoms with van der Waals surface area (Å²) in [5, 5.41) is 2.87. The average molecular weight is 289 g/mol. The Morgan fingerprint density at radius 3 is 2.64 bits per heavy atom. The highest BCUT2D eigenvalue weighted by Crippen LogP contribution is 2.16. The summed E-state index contributed by atoms with van der Waals surface area (Å²) >= 11 is 0. The number of carbonyl (C=O) groups is 1. The van der Waals surface area contributed by atoms with Gasteiger partial charge in [-0.1, -0.05) is 5.92 Å². The molecular formula is C18H15N3O. The number of fused-ring (bicyclic) bond motifs is 1. The minimum absolute atomic E-state index is 0.187. The zero-order chi connectivity index (χ0) is 15.7. The summed E-state index contributed by atoms with van der Waals surface area (Å²) in [5.41, 5.74) is 4.62. The van der Waals surface area contributed by atoms with Crippen LogP contribution >= 0.6 is 0 Å². The van der Waals surface area contributed by atoms with Crippen LogP contribution in [0, 0.1) is 26.2 Å². The molecule has 0 bridgehead atoms. The Morgan fingerprint density at radius 2 is 1.95 bits per heavy atom. The fraction of sp³-hybridized carbons (Fsp3) is 0.111. The number of aromatic nitrogens is 2. The second-order valence-corrected chi connectivity index (χ2v) is 5.14. The van der Waals surface area contributed by atoms with Crippen LogP contribution in [-0.4, -0.2) is 15.3 Å². The van der Waals surface area contributed by atoms with Crippen molar-refractivity contribution in [3.63, 3.8) is 0 Å². The van der Waals surface area contributed by atoms with E-state index in [0.29, 0.717) is 16.9 Å². The predicted octanol–water partition coefficient (Wildman–Crippen LogP) is 3.18. The number of nitrogens with zero attached hydrogens (tertiary/aromatic N) is 2. The van der Waals surface area contributed by atoms with E-state index in [9.17, 15) is 4.79 Å². The smallest absolute Gasteiger partial charge is 0.259 e. The summed E-state index contributed by atoms with van der Waals surface area (Å²) in [7, 11) is 0. The Hall–Kier alpha value is -3.06. The summed E-state index contributed by atoms with van der Waals surface area (Å²) in [6.45, 7) is 3.90. The molecule has 1 N–H and O–H groups in total. The second kappa shape index (κ2) is 5.38. The highest BCUT2D eigenvalue weighted by Gasteiger charge is 2.14. The van der Waals surface area contributed by atoms with Gasteiger partial charge >= 0.3 is 0 Å². The van der Waals surface area contributed by atoms with Crippen molar-refractivity contribution in [2.45, 2.75) is 13.8 Å². The maximum atomic E-state index is 12.5. The van der Waals surface area contributed by atoms with Gasteiger partial charge in [-0.3, -0.25) is 4.79 Å². The van der Waals surface area contributed by atoms with Gasteiger partial charge in [-0.2, -0.15) is 0 Å². The fourth-order valence-corrected chi connectivity index (χ4v) is 2.42. The molecule has 0 spiro atoms. The molecule has 0 atom stereocenters. The van der Waals surface area contributed by atoms with E-state index in [-0.39, 0.29) is 5.91 Å². The number of nitrogens with one attached hydrogen (secondary N) is 1. The number of hydrogen-bond acceptors (Lipinski definition) is 2. The molecule has 0 aliphatic heterocycles. The van der Waals surface area contributed by atoms with E-state index >= 15 is 0 Å². The van der Waals surface area contributed by atoms with Crippen LogP contribution in [0.1, 0.15) is 27.3 Å². The lowest BCUT2D eigenvalue weighted by Crippen LogP contribution is -2.12. The topological polar surface area (TPSA) is 46.4 Å². The molecule has 3 aromatic rings. The lowest BCUT2D eigenvalue weighted by molar-refractivity contribution is 0.102. The molecule has 0 radical (unpaired) electrons. The quantitative estimate of drug-likeness (QED) is 0.736. The summed E-state index contributed by atoms with van der Waals surface area (Å²) < 4.78 is 1.91. The number of hydrogen-bond donors (Lipinski definition) is 1. The Bertz CT molecular complexity index is 898. The van der Waals surface area contributed by atoms with Crippen molar-refractivity contribution in [3.8, 4) is 12.3 Å². The molecule has 2 heterocycles. The molecule has 1 aromatic carbocycles. The third-order valence-electron chi connectivity index (χ3n) is 3.49. The van der Waals surface area contributed by atoms with Crippen LogP contribution in [0.2, 0.25) is 0 Å². The molecule has 0 saturated carbocycles. The number of terminal acetylenes is 1. The summed E-state index contributed by atoms with van der Waals surface area (Å²) in [6, 6.07) is 10.9. The molecule has 1 amide bonds. The van der Waals surface area contributed by atoms with Gasteiger partial charge in [0.15, 0.2) is 0 Å². The molecular weight excluding hydrogens is 274 g/mol. The Kier molecular flexibility index (Phi) is 3.40. The van der Waals surface area contributed by atoms with E-state index in [4.69, 9.17) is 6.42 Å². The van der Waals surface area contributed by atoms with E-state index in [0.717, 1.165) is 17.0 Å². The van der Waals surface area contributed by atoms with Gasteiger partial charge in [0.1, 0.15) is 5.65 Å². The van der Waals surface area contributed by atoms with E-state index in [2.05, 4.69) is 16.2 Å². The molecule has 2 aromatic heterocycles. The van der Waals surface area contributed by atoms with Crippen LogP contribution in [-0.2, 0) is 0 Å². The first kappa shape index (κ1) is 13.9. The molecule has 0 fully saturated rings. The maximum Gasteiger partial charge on any atom is 0.259 e. The minimum Gasteiger partial charge on any atom is -0.322 e. The summed E-state index contributed by atoms with van der Waals surface area (Å²) in [4.78, 5) is 16.9. The van der Waals surface area contributed by atoms with Crippen LogP contribution < -0.4 is 5.32 Å². The van der Waals surface area contributed by atoms with Gasteiger partial charge in [0.2, 0.25) is 0 Å². The maximum absolute atomic E-state index is 12.5. The number of rotatable bonds is 2. The zero-order valence-corrected chi connectivity index (χ0v) is 12.4. The molecule has 22 heavy (non-hydrogen) atoms. The van der Waals surface area contributed by atoms with Crippen molar-refractivity contribution in [2.24, 2.45) is 0 Å². The molecule has 0 aliphatic rings. The Morgan fingerprint density at radius 1 is 1.23 bits per heavy atom. The van der Waals surface area contributed by atoms with Crippen molar-refractivity contribution in [3.05, 3.63) is 65.1 Å². The van der Waals surface area contributed by atoms with Crippen LogP contribution in [0.5, 0.6) is 0 Å². The summed E-state index contributed by atoms with van der Waals surface area (Å²) in [6.07, 6.45) is 7.18. The second-order valence-electron chi connectivity index (χ2n) is 5.14. The highest BCUT2D eigenvalue weighted by atomic mass is 16.1. The number of aryl methyl sites for hydroxylation is 2. The molecule has 0 aliphatic carbocycles. The normalized spacial score (nSPS) is 10.4. The van der Waals surface area contributed by atoms with Crippen molar-refractivity contribution in [1.29, 1.82) is 0 Å². The number of benzene rings is 1. The van der Waals surface area contributed by atoms with Gasteiger partial charge in [-0.05, 0) is 50.2 Å². The van der Waals surface area contributed by atoms with Gasteiger partial charge in [-0.15, -0.1) is 6.42 Å². The van der Waals surface area contributed by atoms with Gasteiger partial charge < -0.3 is 9.72 Å². The van der Waals surface area contributed by atoms with Crippen molar-refractivity contribution in [2.75, 3.05) is 5.32 Å². The van der Waals surface area contributed by atoms with Crippen LogP contribution in [0.4, 0.5) is 5.69 Å². The van der Waals surface area contributed by atoms with Crippen molar-refractivity contribution in [1.82, 2.24) is 9.38 Å². The first-order valence-electron chi connectivity index (χ1n) is 6.92. The average Bonchev–Trinajstić information content (AvgIpc) is 2.92. The molecule has 4 nitrogen and oxygen atoms in total. The van der Waals surface area contributed by atoms with Gasteiger partial charge in [0.05, 0.1) is 5.56 Å². The first-order chi connectivity index (χ1) is 10.6. The highest BCUT2D eigenvalue weighted by molar-refractivity contribution is 6.08. The fourth-order valence-electron chi connectivity index (χ4n) is 2.42. The largest absolute Gasteiger partial charge is 0.322 e. The molecule has 0 unspecified atom stereocenters. The molecule has 4 heteroatoms. The van der Waals surface area contributed by atoms with Crippen molar-refractivity contribution >= 4 is 17.2 Å². The van der Waals surface area contributed by atoms with E-state index in [1.54, 1.807) is 30.3 Å². The predicted molar refractivity (Wildman–Crippen MR) is 87.0 cm³/mol. The van der Waals surface area contributed by atoms with Crippen molar-refractivity contribution < 1.29 is 4.79 Å². The van der Waals surface area contributed by atoms with E-state index in [1.165, 1.54) is 0 Å². The van der Waals surface area contributed by atoms with Crippen LogP contribution in [0.25, 0.3) is 5.65 Å². The molecule has 108 valence electrons. The zero-order valence-electron chi connectivity index (χ0n) is 12.4. The lowest BCUT2D eigenvalue weighted by atomic mass is 10.2. The Labute approximate surface area is 128 Å². The van der Waals surface area contributed by atoms with Crippen LogP contribution in [0.15, 0.2) is 42.6 Å². The van der Waals surface area contributed by atoms with E-state index in [1.807, 2.05) is 30.5 Å². The standard InChI is InChI=1S/C18H15N3O/c1-4-14-5-7-15(8-6-14)20-18(22)16-9-10-21-13(3)11-12(2)19-17(16)21/h1,5-11H,2-3H3,(H,20,22). The molecule has 0 saturated heterocycles. The summed E-state index contributed by atoms with van der Waals surface area (Å²) in [5.74, 6) is 2.36. The Balaban J connectivity index is 1.93. The van der Waals surface area contributed by atoms with E-state index < -0.39 is 0 Å². The monoisotopic (exact) mass is 289 g/mol. The lowest BCUT2D eigenvalue weighted by Gasteiger charge is -2.06.